The summed E-state index contributed by atoms with van der Waals surface area (Å²) >= 11 is 0. The summed E-state index contributed by atoms with van der Waals surface area (Å²) in [5.41, 5.74) is -1.85. The van der Waals surface area contributed by atoms with Gasteiger partial charge in [-0.3, -0.25) is 14.4 Å². The van der Waals surface area contributed by atoms with Crippen molar-refractivity contribution >= 4 is 11.9 Å². The molecule has 0 aliphatic rings. The smallest absolute Gasteiger partial charge is 0.416 e. The second-order valence-electron chi connectivity index (χ2n) is 6.38. The molecule has 2 rings (SSSR count). The quantitative estimate of drug-likeness (QED) is 0.836. The number of carboxylic acids is 1. The van der Waals surface area contributed by atoms with Gasteiger partial charge in [-0.05, 0) is 25.1 Å². The molecule has 28 heavy (non-hydrogen) atoms. The van der Waals surface area contributed by atoms with E-state index in [0.29, 0.717) is 0 Å². The van der Waals surface area contributed by atoms with Gasteiger partial charge in [0.15, 0.2) is 5.69 Å². The Bertz CT molecular complexity index is 969. The van der Waals surface area contributed by atoms with E-state index in [1.54, 1.807) is 0 Å². The van der Waals surface area contributed by atoms with Crippen molar-refractivity contribution in [2.75, 3.05) is 13.6 Å². The van der Waals surface area contributed by atoms with Crippen LogP contribution in [0.2, 0.25) is 0 Å². The second-order valence-corrected chi connectivity index (χ2v) is 6.38. The zero-order valence-electron chi connectivity index (χ0n) is 15.3. The predicted molar refractivity (Wildman–Crippen MR) is 93.3 cm³/mol. The number of alkyl halides is 3. The van der Waals surface area contributed by atoms with Crippen molar-refractivity contribution in [3.8, 4) is 5.69 Å². The highest BCUT2D eigenvalue weighted by Gasteiger charge is 2.31. The van der Waals surface area contributed by atoms with Gasteiger partial charge in [0.05, 0.1) is 17.2 Å². The first kappa shape index (κ1) is 21.1. The van der Waals surface area contributed by atoms with E-state index >= 15 is 0 Å². The summed E-state index contributed by atoms with van der Waals surface area (Å²) in [6.07, 6.45) is -4.56. The van der Waals surface area contributed by atoms with Gasteiger partial charge in [-0.2, -0.15) is 18.3 Å². The minimum Gasteiger partial charge on any atom is -0.481 e. The first-order valence-corrected chi connectivity index (χ1v) is 8.18. The van der Waals surface area contributed by atoms with Crippen LogP contribution in [0.4, 0.5) is 13.2 Å². The molecule has 1 aromatic carbocycles. The number of carbonyl (C=O) groups is 2. The minimum atomic E-state index is -4.56. The maximum atomic E-state index is 13.0. The molecule has 1 amide bonds. The molecule has 1 atom stereocenters. The fourth-order valence-electron chi connectivity index (χ4n) is 2.52. The van der Waals surface area contributed by atoms with Gasteiger partial charge >= 0.3 is 12.1 Å². The first-order valence-electron chi connectivity index (χ1n) is 8.18. The number of halogens is 3. The van der Waals surface area contributed by atoms with Gasteiger partial charge in [0.2, 0.25) is 5.43 Å². The minimum absolute atomic E-state index is 0.0305. The topological polar surface area (TPSA) is 92.5 Å². The van der Waals surface area contributed by atoms with Crippen molar-refractivity contribution in [1.82, 2.24) is 14.7 Å². The maximum Gasteiger partial charge on any atom is 0.416 e. The maximum absolute atomic E-state index is 13.0. The van der Waals surface area contributed by atoms with Gasteiger partial charge in [0.25, 0.3) is 5.91 Å². The Hall–Kier alpha value is -3.17. The Morgan fingerprint density at radius 2 is 1.93 bits per heavy atom. The van der Waals surface area contributed by atoms with E-state index in [0.717, 1.165) is 27.8 Å². The summed E-state index contributed by atoms with van der Waals surface area (Å²) in [6.45, 7) is 2.71. The largest absolute Gasteiger partial charge is 0.481 e. The van der Waals surface area contributed by atoms with E-state index < -0.39 is 40.7 Å². The van der Waals surface area contributed by atoms with Gasteiger partial charge in [-0.15, -0.1) is 0 Å². The van der Waals surface area contributed by atoms with Gasteiger partial charge < -0.3 is 10.0 Å². The van der Waals surface area contributed by atoms with Crippen LogP contribution in [0.5, 0.6) is 0 Å². The third kappa shape index (κ3) is 4.56. The number of carbonyl (C=O) groups excluding carboxylic acids is 1. The average Bonchev–Trinajstić information content (AvgIpc) is 2.60. The van der Waals surface area contributed by atoms with Gasteiger partial charge in [0.1, 0.15) is 0 Å². The zero-order chi connectivity index (χ0) is 21.2. The molecule has 0 aliphatic heterocycles. The molecule has 1 heterocycles. The lowest BCUT2D eigenvalue weighted by Gasteiger charge is -2.19. The Balaban J connectivity index is 2.47. The molecule has 0 fully saturated rings. The van der Waals surface area contributed by atoms with Crippen LogP contribution in [0.25, 0.3) is 5.69 Å². The van der Waals surface area contributed by atoms with Crippen LogP contribution >= 0.6 is 0 Å². The van der Waals surface area contributed by atoms with Crippen molar-refractivity contribution in [1.29, 1.82) is 0 Å². The van der Waals surface area contributed by atoms with Crippen molar-refractivity contribution in [3.05, 3.63) is 57.5 Å². The number of aromatic nitrogens is 2. The van der Waals surface area contributed by atoms with Crippen molar-refractivity contribution in [2.24, 2.45) is 5.92 Å². The number of nitrogens with zero attached hydrogens (tertiary/aromatic N) is 3. The highest BCUT2D eigenvalue weighted by atomic mass is 19.4. The van der Waals surface area contributed by atoms with Crippen LogP contribution < -0.4 is 5.43 Å². The molecule has 0 aliphatic carbocycles. The number of aryl methyl sites for hydroxylation is 1. The monoisotopic (exact) mass is 397 g/mol. The van der Waals surface area contributed by atoms with Crippen LogP contribution in [0.3, 0.4) is 0 Å². The van der Waals surface area contributed by atoms with Crippen molar-refractivity contribution in [2.45, 2.75) is 20.0 Å². The summed E-state index contributed by atoms with van der Waals surface area (Å²) in [7, 11) is 1.32. The molecule has 1 aromatic heterocycles. The number of aliphatic carboxylic acids is 1. The molecular weight excluding hydrogens is 379 g/mol. The summed E-state index contributed by atoms with van der Waals surface area (Å²) in [4.78, 5) is 36.7. The number of hydrogen-bond donors (Lipinski definition) is 1. The molecule has 0 saturated carbocycles. The lowest BCUT2D eigenvalue weighted by molar-refractivity contribution is -0.141. The van der Waals surface area contributed by atoms with Crippen LogP contribution in [0, 0.1) is 12.8 Å². The molecule has 0 saturated heterocycles. The molecule has 7 nitrogen and oxygen atoms in total. The molecule has 0 radical (unpaired) electrons. The Morgan fingerprint density at radius 3 is 2.50 bits per heavy atom. The van der Waals surface area contributed by atoms with Gasteiger partial charge in [0, 0.05) is 25.4 Å². The normalized spacial score (nSPS) is 12.5. The fourth-order valence-corrected chi connectivity index (χ4v) is 2.52. The third-order valence-corrected chi connectivity index (χ3v) is 4.04. The molecular formula is C18H18F3N3O4. The van der Waals surface area contributed by atoms with Crippen LogP contribution in [-0.2, 0) is 11.0 Å². The van der Waals surface area contributed by atoms with Crippen LogP contribution in [0.15, 0.2) is 35.1 Å². The lowest BCUT2D eigenvalue weighted by atomic mass is 10.1. The van der Waals surface area contributed by atoms with E-state index in [2.05, 4.69) is 5.10 Å². The summed E-state index contributed by atoms with van der Waals surface area (Å²) in [5.74, 6) is -2.80. The zero-order valence-corrected chi connectivity index (χ0v) is 15.3. The van der Waals surface area contributed by atoms with Gasteiger partial charge in [-0.25, -0.2) is 4.68 Å². The van der Waals surface area contributed by atoms with E-state index in [-0.39, 0.29) is 17.9 Å². The highest BCUT2D eigenvalue weighted by Crippen LogP contribution is 2.30. The number of rotatable bonds is 5. The van der Waals surface area contributed by atoms with E-state index in [1.165, 1.54) is 33.0 Å². The molecule has 150 valence electrons. The standard InChI is InChI=1S/C18H18F3N3O4/c1-10(17(27)28)9-23(3)16(26)15-14(25)7-11(2)24(22-15)13-6-4-5-12(8-13)18(19,20)21/h4-8,10H,9H2,1-3H3,(H,27,28). The molecule has 10 heteroatoms. The molecule has 0 bridgehead atoms. The predicted octanol–water partition coefficient (Wildman–Crippen LogP) is 2.35. The van der Waals surface area contributed by atoms with Gasteiger partial charge in [-0.1, -0.05) is 13.0 Å². The Labute approximate surface area is 158 Å². The fraction of sp³-hybridized carbons (Fsp3) is 0.333. The SMILES string of the molecule is Cc1cc(=O)c(C(=O)N(C)CC(C)C(=O)O)nn1-c1cccc(C(F)(F)F)c1. The van der Waals surface area contributed by atoms with E-state index in [4.69, 9.17) is 5.11 Å². The van der Waals surface area contributed by atoms with Crippen LogP contribution in [-0.4, -0.2) is 45.3 Å². The Morgan fingerprint density at radius 1 is 1.29 bits per heavy atom. The highest BCUT2D eigenvalue weighted by molar-refractivity contribution is 5.92. The summed E-state index contributed by atoms with van der Waals surface area (Å²) < 4.78 is 39.9. The number of carboxylic acid groups (broad SMARTS) is 1. The Kier molecular flexibility index (Phi) is 5.91. The second kappa shape index (κ2) is 7.83. The average molecular weight is 397 g/mol. The summed E-state index contributed by atoms with van der Waals surface area (Å²) in [6, 6.07) is 5.40. The molecule has 1 N–H and O–H groups in total. The van der Waals surface area contributed by atoms with Crippen LogP contribution in [0.1, 0.15) is 28.7 Å². The molecule has 2 aromatic rings. The number of benzene rings is 1. The number of hydrogen-bond acceptors (Lipinski definition) is 4. The van der Waals surface area contributed by atoms with Crippen molar-refractivity contribution in [3.63, 3.8) is 0 Å². The molecule has 0 spiro atoms. The number of amides is 1. The summed E-state index contributed by atoms with van der Waals surface area (Å²) in [5, 5.41) is 12.9. The third-order valence-electron chi connectivity index (χ3n) is 4.04. The van der Waals surface area contributed by atoms with E-state index in [1.807, 2.05) is 0 Å². The molecule has 1 unspecified atom stereocenters. The first-order chi connectivity index (χ1) is 12.9. The van der Waals surface area contributed by atoms with E-state index in [9.17, 15) is 27.6 Å². The van der Waals surface area contributed by atoms with Crippen molar-refractivity contribution < 1.29 is 27.9 Å². The lowest BCUT2D eigenvalue weighted by Crippen LogP contribution is -2.37.